The average Bonchev–Trinajstić information content (AvgIpc) is 3.04. The van der Waals surface area contributed by atoms with Crippen molar-refractivity contribution in [1.29, 1.82) is 0 Å². The zero-order valence-electron chi connectivity index (χ0n) is 31.2. The lowest BCUT2D eigenvalue weighted by atomic mass is 10.0. The van der Waals surface area contributed by atoms with Crippen LogP contribution in [0.1, 0.15) is 64.3 Å². The third kappa shape index (κ3) is 11.1. The summed E-state index contributed by atoms with van der Waals surface area (Å²) in [5.41, 5.74) is -3.98. The molecular formula is C38H47F3N2O8SSi. The normalized spacial score (nSPS) is 13.4. The van der Waals surface area contributed by atoms with Gasteiger partial charge in [0.25, 0.3) is 0 Å². The van der Waals surface area contributed by atoms with Crippen LogP contribution in [0.5, 0.6) is 11.5 Å². The molecule has 4 aromatic rings. The Balaban J connectivity index is 1.71. The lowest BCUT2D eigenvalue weighted by molar-refractivity contribution is -0.0500. The van der Waals surface area contributed by atoms with Gasteiger partial charge in [-0.15, -0.1) is 0 Å². The van der Waals surface area contributed by atoms with E-state index in [1.165, 1.54) is 23.1 Å². The molecule has 0 fully saturated rings. The van der Waals surface area contributed by atoms with Crippen molar-refractivity contribution in [2.24, 2.45) is 0 Å². The van der Waals surface area contributed by atoms with Crippen molar-refractivity contribution in [1.82, 2.24) is 9.88 Å². The quantitative estimate of drug-likeness (QED) is 0.0812. The van der Waals surface area contributed by atoms with Crippen LogP contribution in [0.2, 0.25) is 18.1 Å². The molecule has 53 heavy (non-hydrogen) atoms. The van der Waals surface area contributed by atoms with Crippen molar-refractivity contribution >= 4 is 35.4 Å². The largest absolute Gasteiger partial charge is 0.534 e. The van der Waals surface area contributed by atoms with Crippen molar-refractivity contribution in [3.63, 3.8) is 0 Å². The van der Waals surface area contributed by atoms with Crippen LogP contribution in [-0.2, 0) is 32.3 Å². The molecule has 0 radical (unpaired) electrons. The van der Waals surface area contributed by atoms with Crippen LogP contribution in [0.4, 0.5) is 18.0 Å². The molecular weight excluding hydrogens is 730 g/mol. The summed E-state index contributed by atoms with van der Waals surface area (Å²) >= 11 is 0. The Morgan fingerprint density at radius 2 is 1.51 bits per heavy atom. The van der Waals surface area contributed by atoms with Gasteiger partial charge in [-0.05, 0) is 86.3 Å². The van der Waals surface area contributed by atoms with Gasteiger partial charge in [-0.2, -0.15) is 21.6 Å². The number of benzene rings is 3. The number of alkyl halides is 3. The molecule has 0 saturated carbocycles. The smallest absolute Gasteiger partial charge is 0.487 e. The summed E-state index contributed by atoms with van der Waals surface area (Å²) in [6.45, 7) is 16.2. The van der Waals surface area contributed by atoms with E-state index in [0.717, 1.165) is 17.7 Å². The molecule has 4 rings (SSSR count). The summed E-state index contributed by atoms with van der Waals surface area (Å²) in [5.74, 6) is -0.0325. The van der Waals surface area contributed by atoms with Crippen LogP contribution in [-0.4, -0.2) is 56.9 Å². The van der Waals surface area contributed by atoms with Crippen molar-refractivity contribution in [2.45, 2.75) is 89.9 Å². The summed E-state index contributed by atoms with van der Waals surface area (Å²) in [7, 11) is -8.35. The van der Waals surface area contributed by atoms with Crippen molar-refractivity contribution in [2.75, 3.05) is 13.1 Å². The van der Waals surface area contributed by atoms with Crippen LogP contribution in [0, 0.1) is 0 Å². The Bertz CT molecular complexity index is 2040. The number of nitrogens with one attached hydrogen (secondary N) is 1. The number of ether oxygens (including phenoxy) is 2. The number of pyridine rings is 1. The van der Waals surface area contributed by atoms with Crippen molar-refractivity contribution in [3.05, 3.63) is 106 Å². The van der Waals surface area contributed by atoms with E-state index in [4.69, 9.17) is 13.9 Å². The highest BCUT2D eigenvalue weighted by molar-refractivity contribution is 7.88. The molecule has 0 aliphatic rings. The molecule has 1 N–H and O–H groups in total. The second-order valence-electron chi connectivity index (χ2n) is 15.2. The first-order valence-corrected chi connectivity index (χ1v) is 21.4. The molecule has 1 heterocycles. The summed E-state index contributed by atoms with van der Waals surface area (Å²) in [6.07, 6.45) is -1.07. The Hall–Kier alpha value is -4.34. The van der Waals surface area contributed by atoms with Crippen LogP contribution in [0.15, 0.2) is 83.7 Å². The van der Waals surface area contributed by atoms with Gasteiger partial charge >= 0.3 is 21.7 Å². The zero-order chi connectivity index (χ0) is 39.4. The van der Waals surface area contributed by atoms with Gasteiger partial charge < -0.3 is 28.0 Å². The molecule has 3 aromatic carbocycles. The highest BCUT2D eigenvalue weighted by atomic mass is 32.2. The van der Waals surface area contributed by atoms with E-state index in [0.29, 0.717) is 27.8 Å². The van der Waals surface area contributed by atoms with Gasteiger partial charge in [-0.1, -0.05) is 69.3 Å². The van der Waals surface area contributed by atoms with Gasteiger partial charge in [0.05, 0.1) is 18.2 Å². The zero-order valence-corrected chi connectivity index (χ0v) is 33.0. The fourth-order valence-corrected chi connectivity index (χ4v) is 6.77. The van der Waals surface area contributed by atoms with E-state index in [1.54, 1.807) is 32.9 Å². The van der Waals surface area contributed by atoms with Crippen molar-refractivity contribution in [3.8, 4) is 11.5 Å². The molecule has 10 nitrogen and oxygen atoms in total. The molecule has 15 heteroatoms. The molecule has 0 spiro atoms. The number of carbonyl (C=O) groups excluding carboxylic acids is 1. The second kappa shape index (κ2) is 15.9. The Morgan fingerprint density at radius 1 is 0.868 bits per heavy atom. The first-order valence-electron chi connectivity index (χ1n) is 17.0. The first-order chi connectivity index (χ1) is 24.5. The standard InChI is InChI=1S/C38H47F3N2O8SSi/c1-36(2,3)49-35(45)43(23-22-26-14-16-28(17-15-26)50-52(46,47)38(39,40)41)24-32(51-53(7,8)37(4,5)6)29-18-20-31(34-30(29)19-21-33(44)42-34)48-25-27-12-10-9-11-13-27/h9-21,32H,22-25H2,1-8H3,(H,42,44)/t32-/m0/s1. The minimum absolute atomic E-state index is 0.0465. The molecule has 0 saturated heterocycles. The number of fused-ring (bicyclic) bond motifs is 1. The van der Waals surface area contributed by atoms with Crippen molar-refractivity contribution < 1.29 is 44.5 Å². The SMILES string of the molecule is CC(C)(C)OC(=O)N(CCc1ccc(OS(=O)(=O)C(F)(F)F)cc1)C[C@H](O[Si](C)(C)C(C)(C)C)c1ccc(OCc2ccccc2)c2[nH]c(=O)ccc12. The maximum absolute atomic E-state index is 13.8. The number of amides is 1. The first kappa shape index (κ1) is 41.4. The van der Waals surface area contributed by atoms with Gasteiger partial charge in [-0.3, -0.25) is 4.79 Å². The number of H-pyrrole nitrogens is 1. The third-order valence-electron chi connectivity index (χ3n) is 8.84. The Kier molecular flexibility index (Phi) is 12.5. The highest BCUT2D eigenvalue weighted by Crippen LogP contribution is 2.42. The number of aromatic nitrogens is 1. The molecule has 0 unspecified atom stereocenters. The average molecular weight is 777 g/mol. The third-order valence-corrected chi connectivity index (χ3v) is 14.3. The molecule has 288 valence electrons. The minimum atomic E-state index is -5.83. The number of rotatable bonds is 13. The van der Waals surface area contributed by atoms with Crippen LogP contribution >= 0.6 is 0 Å². The van der Waals surface area contributed by atoms with E-state index in [-0.39, 0.29) is 36.7 Å². The summed E-state index contributed by atoms with van der Waals surface area (Å²) in [5, 5.41) is 0.460. The monoisotopic (exact) mass is 776 g/mol. The van der Waals surface area contributed by atoms with E-state index in [9.17, 15) is 31.2 Å². The van der Waals surface area contributed by atoms with E-state index in [2.05, 4.69) is 43.0 Å². The fraction of sp³-hybridized carbons (Fsp3) is 0.421. The fourth-order valence-electron chi connectivity index (χ4n) is 5.05. The van der Waals surface area contributed by atoms with Gasteiger partial charge in [0.1, 0.15) is 23.7 Å². The van der Waals surface area contributed by atoms with Crippen LogP contribution in [0.25, 0.3) is 10.9 Å². The number of carbonyl (C=O) groups is 1. The number of aromatic amines is 1. The molecule has 1 atom stereocenters. The Labute approximate surface area is 309 Å². The molecule has 0 bridgehead atoms. The number of hydrogen-bond acceptors (Lipinski definition) is 8. The van der Waals surface area contributed by atoms with Crippen LogP contribution in [0.3, 0.4) is 0 Å². The predicted molar refractivity (Wildman–Crippen MR) is 200 cm³/mol. The van der Waals surface area contributed by atoms with Crippen LogP contribution < -0.4 is 14.5 Å². The minimum Gasteiger partial charge on any atom is -0.487 e. The van der Waals surface area contributed by atoms with Gasteiger partial charge in [0.2, 0.25) is 5.56 Å². The molecule has 0 aliphatic heterocycles. The van der Waals surface area contributed by atoms with E-state index >= 15 is 0 Å². The molecule has 1 aromatic heterocycles. The topological polar surface area (TPSA) is 124 Å². The summed E-state index contributed by atoms with van der Waals surface area (Å²) < 4.78 is 84.6. The summed E-state index contributed by atoms with van der Waals surface area (Å²) in [4.78, 5) is 30.8. The summed E-state index contributed by atoms with van der Waals surface area (Å²) in [6, 6.07) is 21.5. The predicted octanol–water partition coefficient (Wildman–Crippen LogP) is 8.88. The number of halogens is 3. The molecule has 0 aliphatic carbocycles. The van der Waals surface area contributed by atoms with Gasteiger partial charge in [0, 0.05) is 18.0 Å². The van der Waals surface area contributed by atoms with E-state index < -0.39 is 47.5 Å². The lowest BCUT2D eigenvalue weighted by Gasteiger charge is -2.41. The number of hydrogen-bond donors (Lipinski definition) is 1. The molecule has 1 amide bonds. The maximum Gasteiger partial charge on any atom is 0.534 e. The van der Waals surface area contributed by atoms with E-state index in [1.807, 2.05) is 36.4 Å². The van der Waals surface area contributed by atoms with Gasteiger partial charge in [-0.25, -0.2) is 4.79 Å². The maximum atomic E-state index is 13.8. The Morgan fingerprint density at radius 3 is 2.09 bits per heavy atom. The number of nitrogens with zero attached hydrogens (tertiary/aromatic N) is 1. The highest BCUT2D eigenvalue weighted by Gasteiger charge is 2.48. The second-order valence-corrected chi connectivity index (χ2v) is 21.5. The lowest BCUT2D eigenvalue weighted by Crippen LogP contribution is -2.46. The van der Waals surface area contributed by atoms with Gasteiger partial charge in [0.15, 0.2) is 8.32 Å².